The van der Waals surface area contributed by atoms with Crippen LogP contribution in [-0.2, 0) is 0 Å². The third-order valence-corrected chi connectivity index (χ3v) is 4.04. The Balaban J connectivity index is 1.79. The van der Waals surface area contributed by atoms with Crippen LogP contribution in [-0.4, -0.2) is 31.1 Å². The summed E-state index contributed by atoms with van der Waals surface area (Å²) >= 11 is 1.64. The molecule has 3 rings (SSSR count). The van der Waals surface area contributed by atoms with Gasteiger partial charge < -0.3 is 5.32 Å². The number of fused-ring (bicyclic) bond motifs is 1. The van der Waals surface area contributed by atoms with Crippen LogP contribution < -0.4 is 11.0 Å². The van der Waals surface area contributed by atoms with Crippen LogP contribution in [0.15, 0.2) is 22.4 Å². The SMILES string of the molecule is Cc1nc(NCC(C)c2nccs2)cc2n[nH]c(=O)n12. The lowest BCUT2D eigenvalue weighted by molar-refractivity contribution is 0.789. The molecule has 0 aliphatic rings. The van der Waals surface area contributed by atoms with E-state index in [0.717, 1.165) is 11.6 Å². The minimum Gasteiger partial charge on any atom is -0.369 e. The number of hydrogen-bond acceptors (Lipinski definition) is 6. The van der Waals surface area contributed by atoms with Gasteiger partial charge in [-0.15, -0.1) is 11.3 Å². The number of nitrogens with zero attached hydrogens (tertiary/aromatic N) is 4. The lowest BCUT2D eigenvalue weighted by Crippen LogP contribution is -2.15. The molecule has 0 saturated carbocycles. The van der Waals surface area contributed by atoms with E-state index in [1.54, 1.807) is 30.5 Å². The molecule has 7 nitrogen and oxygen atoms in total. The molecule has 0 amide bonds. The minimum atomic E-state index is -0.271. The van der Waals surface area contributed by atoms with Crippen molar-refractivity contribution in [2.24, 2.45) is 0 Å². The maximum Gasteiger partial charge on any atom is 0.349 e. The van der Waals surface area contributed by atoms with Gasteiger partial charge in [0, 0.05) is 30.1 Å². The van der Waals surface area contributed by atoms with E-state index in [4.69, 9.17) is 0 Å². The second-order valence-corrected chi connectivity index (χ2v) is 5.49. The summed E-state index contributed by atoms with van der Waals surface area (Å²) in [6, 6.07) is 1.75. The first kappa shape index (κ1) is 12.8. The topological polar surface area (TPSA) is 88.0 Å². The highest BCUT2D eigenvalue weighted by Crippen LogP contribution is 2.18. The van der Waals surface area contributed by atoms with Crippen LogP contribution in [0.2, 0.25) is 0 Å². The third-order valence-electron chi connectivity index (χ3n) is 3.03. The van der Waals surface area contributed by atoms with Crippen LogP contribution in [0.3, 0.4) is 0 Å². The number of nitrogens with one attached hydrogen (secondary N) is 2. The zero-order valence-corrected chi connectivity index (χ0v) is 11.9. The quantitative estimate of drug-likeness (QED) is 0.758. The second kappa shape index (κ2) is 5.04. The molecule has 3 heterocycles. The van der Waals surface area contributed by atoms with Gasteiger partial charge >= 0.3 is 5.69 Å². The van der Waals surface area contributed by atoms with Gasteiger partial charge in [0.2, 0.25) is 0 Å². The fourth-order valence-electron chi connectivity index (χ4n) is 2.01. The van der Waals surface area contributed by atoms with Crippen molar-refractivity contribution in [3.63, 3.8) is 0 Å². The molecule has 1 atom stereocenters. The summed E-state index contributed by atoms with van der Waals surface area (Å²) in [7, 11) is 0. The van der Waals surface area contributed by atoms with E-state index in [9.17, 15) is 4.79 Å². The molecule has 0 spiro atoms. The molecule has 2 N–H and O–H groups in total. The summed E-state index contributed by atoms with van der Waals surface area (Å²) in [5.74, 6) is 1.61. The van der Waals surface area contributed by atoms with Crippen LogP contribution in [0.1, 0.15) is 23.7 Å². The fraction of sp³-hybridized carbons (Fsp3) is 0.333. The van der Waals surface area contributed by atoms with Crippen molar-refractivity contribution in [2.45, 2.75) is 19.8 Å². The number of hydrogen-bond donors (Lipinski definition) is 2. The number of anilines is 1. The number of aromatic amines is 1. The summed E-state index contributed by atoms with van der Waals surface area (Å²) in [5.41, 5.74) is 0.291. The van der Waals surface area contributed by atoms with Gasteiger partial charge in [-0.1, -0.05) is 6.92 Å². The number of thiazole rings is 1. The van der Waals surface area contributed by atoms with Gasteiger partial charge in [0.05, 0.1) is 5.01 Å². The molecule has 1 unspecified atom stereocenters. The second-order valence-electron chi connectivity index (χ2n) is 4.56. The fourth-order valence-corrected chi connectivity index (χ4v) is 2.71. The summed E-state index contributed by atoms with van der Waals surface area (Å²) in [5, 5.41) is 12.7. The summed E-state index contributed by atoms with van der Waals surface area (Å²) in [6.45, 7) is 4.61. The van der Waals surface area contributed by atoms with Crippen LogP contribution in [0.4, 0.5) is 5.82 Å². The average molecular weight is 290 g/mol. The van der Waals surface area contributed by atoms with E-state index in [0.29, 0.717) is 23.2 Å². The van der Waals surface area contributed by atoms with Crippen LogP contribution in [0.25, 0.3) is 5.65 Å². The van der Waals surface area contributed by atoms with Crippen molar-refractivity contribution in [1.29, 1.82) is 0 Å². The normalized spacial score (nSPS) is 12.7. The number of aryl methyl sites for hydroxylation is 1. The van der Waals surface area contributed by atoms with E-state index < -0.39 is 0 Å². The lowest BCUT2D eigenvalue weighted by Gasteiger charge is -2.11. The standard InChI is InChI=1S/C12H14N6OS/c1-7(11-13-3-4-20-11)6-14-9-5-10-16-17-12(19)18(10)8(2)15-9/h3-5,7,14H,6H2,1-2H3,(H,17,19). The van der Waals surface area contributed by atoms with Crippen molar-refractivity contribution >= 4 is 22.8 Å². The summed E-state index contributed by atoms with van der Waals surface area (Å²) < 4.78 is 1.44. The van der Waals surface area contributed by atoms with E-state index in [2.05, 4.69) is 32.4 Å². The van der Waals surface area contributed by atoms with Gasteiger partial charge in [0.25, 0.3) is 0 Å². The molecule has 0 aliphatic carbocycles. The molecule has 0 bridgehead atoms. The first-order valence-corrected chi connectivity index (χ1v) is 7.11. The lowest BCUT2D eigenvalue weighted by atomic mass is 10.2. The molecule has 20 heavy (non-hydrogen) atoms. The van der Waals surface area contributed by atoms with Gasteiger partial charge in [0.1, 0.15) is 11.6 Å². The highest BCUT2D eigenvalue weighted by atomic mass is 32.1. The Morgan fingerprint density at radius 1 is 1.55 bits per heavy atom. The highest BCUT2D eigenvalue weighted by molar-refractivity contribution is 7.09. The maximum atomic E-state index is 11.5. The molecule has 0 saturated heterocycles. The largest absolute Gasteiger partial charge is 0.369 e. The van der Waals surface area contributed by atoms with Crippen LogP contribution >= 0.6 is 11.3 Å². The molecular formula is C12H14N6OS. The highest BCUT2D eigenvalue weighted by Gasteiger charge is 2.10. The Bertz CT molecular complexity index is 775. The molecule has 0 radical (unpaired) electrons. The predicted molar refractivity (Wildman–Crippen MR) is 77.4 cm³/mol. The molecule has 104 valence electrons. The Hall–Kier alpha value is -2.22. The monoisotopic (exact) mass is 290 g/mol. The molecule has 3 aromatic rings. The zero-order chi connectivity index (χ0) is 14.1. The van der Waals surface area contributed by atoms with Gasteiger partial charge in [-0.05, 0) is 6.92 Å². The number of aromatic nitrogens is 5. The van der Waals surface area contributed by atoms with Crippen molar-refractivity contribution in [1.82, 2.24) is 24.6 Å². The van der Waals surface area contributed by atoms with Gasteiger partial charge in [-0.25, -0.2) is 24.3 Å². The molecular weight excluding hydrogens is 276 g/mol. The first-order valence-electron chi connectivity index (χ1n) is 6.23. The van der Waals surface area contributed by atoms with E-state index in [-0.39, 0.29) is 5.69 Å². The number of H-pyrrole nitrogens is 1. The Morgan fingerprint density at radius 3 is 3.15 bits per heavy atom. The molecule has 0 aromatic carbocycles. The molecule has 3 aromatic heterocycles. The molecule has 8 heteroatoms. The number of rotatable bonds is 4. The zero-order valence-electron chi connectivity index (χ0n) is 11.1. The van der Waals surface area contributed by atoms with Crippen molar-refractivity contribution in [2.75, 3.05) is 11.9 Å². The summed E-state index contributed by atoms with van der Waals surface area (Å²) in [6.07, 6.45) is 1.81. The molecule has 0 fully saturated rings. The van der Waals surface area contributed by atoms with Gasteiger partial charge in [-0.2, -0.15) is 5.10 Å². The summed E-state index contributed by atoms with van der Waals surface area (Å²) in [4.78, 5) is 20.2. The van der Waals surface area contributed by atoms with E-state index in [1.807, 2.05) is 5.38 Å². The van der Waals surface area contributed by atoms with Gasteiger partial charge in [-0.3, -0.25) is 0 Å². The van der Waals surface area contributed by atoms with Crippen molar-refractivity contribution in [3.05, 3.63) is 39.0 Å². The van der Waals surface area contributed by atoms with Crippen molar-refractivity contribution in [3.8, 4) is 0 Å². The third kappa shape index (κ3) is 2.29. The van der Waals surface area contributed by atoms with E-state index in [1.165, 1.54) is 4.40 Å². The van der Waals surface area contributed by atoms with Gasteiger partial charge in [0.15, 0.2) is 5.65 Å². The van der Waals surface area contributed by atoms with Crippen molar-refractivity contribution < 1.29 is 0 Å². The first-order chi connectivity index (χ1) is 9.65. The average Bonchev–Trinajstić information content (AvgIpc) is 3.06. The predicted octanol–water partition coefficient (Wildman–Crippen LogP) is 1.40. The van der Waals surface area contributed by atoms with E-state index >= 15 is 0 Å². The smallest absolute Gasteiger partial charge is 0.349 e. The Labute approximate surface area is 118 Å². The maximum absolute atomic E-state index is 11.5. The Kier molecular flexibility index (Phi) is 3.23. The Morgan fingerprint density at radius 2 is 2.40 bits per heavy atom. The minimum absolute atomic E-state index is 0.271. The molecule has 0 aliphatic heterocycles. The van der Waals surface area contributed by atoms with Crippen LogP contribution in [0.5, 0.6) is 0 Å². The van der Waals surface area contributed by atoms with Crippen LogP contribution in [0, 0.1) is 6.92 Å².